The lowest BCUT2D eigenvalue weighted by molar-refractivity contribution is 0.272. The molecule has 2 bridgehead atoms. The first-order valence-corrected chi connectivity index (χ1v) is 9.18. The van der Waals surface area contributed by atoms with Crippen LogP contribution in [0.2, 0.25) is 0 Å². The highest BCUT2D eigenvalue weighted by Crippen LogP contribution is 2.49. The molecule has 2 aliphatic carbocycles. The van der Waals surface area contributed by atoms with Crippen molar-refractivity contribution in [3.8, 4) is 0 Å². The van der Waals surface area contributed by atoms with Crippen molar-refractivity contribution in [1.29, 1.82) is 0 Å². The molecule has 0 aliphatic heterocycles. The fraction of sp³-hybridized carbons (Fsp3) is 1.00. The van der Waals surface area contributed by atoms with E-state index >= 15 is 0 Å². The molecule has 0 amide bonds. The normalized spacial score (nSPS) is 32.9. The van der Waals surface area contributed by atoms with Gasteiger partial charge in [0.05, 0.1) is 0 Å². The molecule has 2 saturated carbocycles. The number of sulfone groups is 1. The summed E-state index contributed by atoms with van der Waals surface area (Å²) in [7, 11) is -2.83. The van der Waals surface area contributed by atoms with Crippen LogP contribution >= 0.6 is 0 Å². The summed E-state index contributed by atoms with van der Waals surface area (Å²) < 4.78 is 22.2. The summed E-state index contributed by atoms with van der Waals surface area (Å²) in [5.41, 5.74) is 2.88. The zero-order valence-corrected chi connectivity index (χ0v) is 12.1. The number of fused-ring (bicyclic) bond motifs is 2. The van der Waals surface area contributed by atoms with Gasteiger partial charge in [-0.3, -0.25) is 11.3 Å². The molecule has 4 atom stereocenters. The van der Waals surface area contributed by atoms with Gasteiger partial charge >= 0.3 is 0 Å². The molecule has 0 aromatic rings. The minimum Gasteiger partial charge on any atom is -0.271 e. The minimum absolute atomic E-state index is 0.280. The van der Waals surface area contributed by atoms with E-state index in [2.05, 4.69) is 5.43 Å². The van der Waals surface area contributed by atoms with E-state index in [4.69, 9.17) is 5.84 Å². The minimum atomic E-state index is -2.83. The average molecular weight is 274 g/mol. The molecule has 2 fully saturated rings. The highest BCUT2D eigenvalue weighted by molar-refractivity contribution is 7.90. The molecule has 0 spiro atoms. The summed E-state index contributed by atoms with van der Waals surface area (Å²) in [5.74, 6) is 8.59. The van der Waals surface area contributed by atoms with Crippen molar-refractivity contribution in [3.05, 3.63) is 0 Å². The predicted molar refractivity (Wildman–Crippen MR) is 73.6 cm³/mol. The fourth-order valence-corrected chi connectivity index (χ4v) is 4.58. The molecule has 3 N–H and O–H groups in total. The van der Waals surface area contributed by atoms with Crippen LogP contribution in [0, 0.1) is 17.8 Å². The molecule has 0 aromatic heterocycles. The standard InChI is InChI=1S/C13H26N2O2S/c1-18(16,17)6-2-3-13(15-14)9-12-8-10-4-5-11(12)7-10/h10-13,15H,2-9,14H2,1H3. The van der Waals surface area contributed by atoms with Crippen molar-refractivity contribution < 1.29 is 8.42 Å². The second-order valence-electron chi connectivity index (χ2n) is 6.31. The maximum Gasteiger partial charge on any atom is 0.147 e. The summed E-state index contributed by atoms with van der Waals surface area (Å²) in [4.78, 5) is 0. The van der Waals surface area contributed by atoms with Crippen LogP contribution in [0.5, 0.6) is 0 Å². The maximum absolute atomic E-state index is 11.1. The Morgan fingerprint density at radius 1 is 1.33 bits per heavy atom. The number of hydrazine groups is 1. The summed E-state index contributed by atoms with van der Waals surface area (Å²) in [5, 5.41) is 0. The van der Waals surface area contributed by atoms with E-state index in [1.807, 2.05) is 0 Å². The van der Waals surface area contributed by atoms with Crippen LogP contribution < -0.4 is 11.3 Å². The second-order valence-corrected chi connectivity index (χ2v) is 8.57. The Morgan fingerprint density at radius 3 is 2.61 bits per heavy atom. The van der Waals surface area contributed by atoms with Gasteiger partial charge in [-0.05, 0) is 56.3 Å². The number of nitrogens with one attached hydrogen (secondary N) is 1. The van der Waals surface area contributed by atoms with E-state index in [0.29, 0.717) is 6.42 Å². The van der Waals surface area contributed by atoms with Crippen molar-refractivity contribution in [1.82, 2.24) is 5.43 Å². The maximum atomic E-state index is 11.1. The van der Waals surface area contributed by atoms with Crippen LogP contribution in [0.3, 0.4) is 0 Å². The van der Waals surface area contributed by atoms with E-state index in [1.165, 1.54) is 31.9 Å². The lowest BCUT2D eigenvalue weighted by Gasteiger charge is -2.26. The SMILES string of the molecule is CS(=O)(=O)CCCC(CC1CC2CCC1C2)NN. The van der Waals surface area contributed by atoms with Gasteiger partial charge < -0.3 is 0 Å². The van der Waals surface area contributed by atoms with Gasteiger partial charge in [-0.1, -0.05) is 6.42 Å². The van der Waals surface area contributed by atoms with Crippen LogP contribution in [0.4, 0.5) is 0 Å². The Labute approximate surface area is 111 Å². The molecule has 4 nitrogen and oxygen atoms in total. The number of rotatable bonds is 7. The Hall–Kier alpha value is -0.130. The van der Waals surface area contributed by atoms with Crippen LogP contribution in [0.25, 0.3) is 0 Å². The summed E-state index contributed by atoms with van der Waals surface area (Å²) >= 11 is 0. The van der Waals surface area contributed by atoms with Crippen LogP contribution in [-0.2, 0) is 9.84 Å². The quantitative estimate of drug-likeness (QED) is 0.545. The van der Waals surface area contributed by atoms with Crippen LogP contribution in [-0.4, -0.2) is 26.5 Å². The smallest absolute Gasteiger partial charge is 0.147 e. The number of hydrogen-bond donors (Lipinski definition) is 2. The molecule has 0 saturated heterocycles. The molecular weight excluding hydrogens is 248 g/mol. The molecule has 0 heterocycles. The van der Waals surface area contributed by atoms with Crippen molar-refractivity contribution >= 4 is 9.84 Å². The van der Waals surface area contributed by atoms with Crippen molar-refractivity contribution in [3.63, 3.8) is 0 Å². The number of hydrogen-bond acceptors (Lipinski definition) is 4. The van der Waals surface area contributed by atoms with Crippen molar-refractivity contribution in [2.45, 2.75) is 51.0 Å². The first-order valence-electron chi connectivity index (χ1n) is 7.12. The van der Waals surface area contributed by atoms with Gasteiger partial charge in [-0.25, -0.2) is 8.42 Å². The van der Waals surface area contributed by atoms with Gasteiger partial charge in [0, 0.05) is 18.1 Å². The van der Waals surface area contributed by atoms with Crippen molar-refractivity contribution in [2.24, 2.45) is 23.6 Å². The first kappa shape index (κ1) is 14.3. The van der Waals surface area contributed by atoms with Gasteiger partial charge in [-0.2, -0.15) is 0 Å². The van der Waals surface area contributed by atoms with E-state index in [0.717, 1.165) is 30.6 Å². The molecule has 2 rings (SSSR count). The van der Waals surface area contributed by atoms with E-state index < -0.39 is 9.84 Å². The third-order valence-electron chi connectivity index (χ3n) is 4.78. The lowest BCUT2D eigenvalue weighted by Crippen LogP contribution is -2.37. The topological polar surface area (TPSA) is 72.2 Å². The summed E-state index contributed by atoms with van der Waals surface area (Å²) in [6.07, 6.45) is 9.63. The van der Waals surface area contributed by atoms with Crippen LogP contribution in [0.1, 0.15) is 44.9 Å². The molecule has 5 heteroatoms. The number of nitrogens with two attached hydrogens (primary N) is 1. The zero-order valence-electron chi connectivity index (χ0n) is 11.3. The molecule has 0 aromatic carbocycles. The summed E-state index contributed by atoms with van der Waals surface area (Å²) in [6, 6.07) is 0.288. The Kier molecular flexibility index (Phi) is 4.67. The molecule has 2 aliphatic rings. The largest absolute Gasteiger partial charge is 0.271 e. The predicted octanol–water partition coefficient (Wildman–Crippen LogP) is 1.47. The Morgan fingerprint density at radius 2 is 2.11 bits per heavy atom. The van der Waals surface area contributed by atoms with Gasteiger partial charge in [0.1, 0.15) is 9.84 Å². The molecule has 0 radical (unpaired) electrons. The van der Waals surface area contributed by atoms with Crippen molar-refractivity contribution in [2.75, 3.05) is 12.0 Å². The van der Waals surface area contributed by atoms with Crippen LogP contribution in [0.15, 0.2) is 0 Å². The summed E-state index contributed by atoms with van der Waals surface area (Å²) in [6.45, 7) is 0. The fourth-order valence-electron chi connectivity index (χ4n) is 3.89. The van der Waals surface area contributed by atoms with E-state index in [1.54, 1.807) is 0 Å². The van der Waals surface area contributed by atoms with Gasteiger partial charge in [0.25, 0.3) is 0 Å². The third-order valence-corrected chi connectivity index (χ3v) is 5.81. The van der Waals surface area contributed by atoms with E-state index in [-0.39, 0.29) is 11.8 Å². The molecular formula is C13H26N2O2S. The van der Waals surface area contributed by atoms with Gasteiger partial charge in [0.2, 0.25) is 0 Å². The monoisotopic (exact) mass is 274 g/mol. The van der Waals surface area contributed by atoms with Gasteiger partial charge in [0.15, 0.2) is 0 Å². The Balaban J connectivity index is 1.72. The molecule has 4 unspecified atom stereocenters. The second kappa shape index (κ2) is 5.88. The average Bonchev–Trinajstić information content (AvgIpc) is 2.87. The highest BCUT2D eigenvalue weighted by atomic mass is 32.2. The zero-order chi connectivity index (χ0) is 13.2. The third kappa shape index (κ3) is 3.93. The lowest BCUT2D eigenvalue weighted by atomic mass is 9.83. The van der Waals surface area contributed by atoms with Gasteiger partial charge in [-0.15, -0.1) is 0 Å². The first-order chi connectivity index (χ1) is 8.48. The Bertz CT molecular complexity index is 369. The highest BCUT2D eigenvalue weighted by Gasteiger charge is 2.39. The van der Waals surface area contributed by atoms with E-state index in [9.17, 15) is 8.42 Å². The molecule has 18 heavy (non-hydrogen) atoms. The molecule has 106 valence electrons.